The maximum absolute atomic E-state index is 12.6. The third-order valence-electron chi connectivity index (χ3n) is 9.31. The number of nitrogens with two attached hydrogens (primary N) is 1. The predicted molar refractivity (Wildman–Crippen MR) is 224 cm³/mol. The van der Waals surface area contributed by atoms with Crippen molar-refractivity contribution in [2.75, 3.05) is 33.0 Å². The van der Waals surface area contributed by atoms with E-state index in [4.69, 9.17) is 24.3 Å². The van der Waals surface area contributed by atoms with Gasteiger partial charge >= 0.3 is 13.8 Å². The van der Waals surface area contributed by atoms with E-state index in [9.17, 15) is 14.3 Å². The molecule has 0 spiro atoms. The molecule has 2 atom stereocenters. The minimum absolute atomic E-state index is 0.0974. The Morgan fingerprint density at radius 2 is 1.00 bits per heavy atom. The van der Waals surface area contributed by atoms with Crippen LogP contribution in [0.1, 0.15) is 200 Å². The number of carbonyl (C=O) groups is 1. The zero-order valence-corrected chi connectivity index (χ0v) is 35.4. The van der Waals surface area contributed by atoms with Crippen LogP contribution in [-0.4, -0.2) is 49.9 Å². The number of allylic oxidation sites excluding steroid dienone is 6. The van der Waals surface area contributed by atoms with Crippen LogP contribution < -0.4 is 5.73 Å². The number of phosphoric ester groups is 1. The lowest BCUT2D eigenvalue weighted by molar-refractivity contribution is -0.154. The first kappa shape index (κ1) is 51.7. The van der Waals surface area contributed by atoms with Gasteiger partial charge in [0, 0.05) is 19.6 Å². The minimum Gasteiger partial charge on any atom is -0.457 e. The van der Waals surface area contributed by atoms with Crippen LogP contribution in [0.15, 0.2) is 36.5 Å². The standard InChI is InChI=1S/C44H84NO7P/c1-3-5-7-9-11-13-15-17-19-20-21-22-23-25-27-29-31-33-35-37-44(46)52-43(42-51-53(47,48)50-40-38-45)41-49-39-36-34-32-30-28-26-24-18-16-14-12-10-8-6-4-2/h11,13,17,19,21-22,43H,3-10,12,14-16,18,20,23-42,45H2,1-2H3,(H,47,48)/b13-11-,19-17-,22-21-. The number of carbonyl (C=O) groups excluding carboxylic acids is 1. The summed E-state index contributed by atoms with van der Waals surface area (Å²) < 4.78 is 33.4. The quantitative estimate of drug-likeness (QED) is 0.0273. The number of hydrogen-bond acceptors (Lipinski definition) is 7. The van der Waals surface area contributed by atoms with Gasteiger partial charge in [-0.15, -0.1) is 0 Å². The molecule has 0 rings (SSSR count). The fourth-order valence-electron chi connectivity index (χ4n) is 6.06. The molecule has 0 aliphatic rings. The van der Waals surface area contributed by atoms with E-state index in [0.717, 1.165) is 57.8 Å². The van der Waals surface area contributed by atoms with Crippen molar-refractivity contribution in [2.45, 2.75) is 206 Å². The van der Waals surface area contributed by atoms with Crippen LogP contribution in [0.5, 0.6) is 0 Å². The molecular formula is C44H84NO7P. The van der Waals surface area contributed by atoms with Gasteiger partial charge in [-0.05, 0) is 51.4 Å². The highest BCUT2D eigenvalue weighted by molar-refractivity contribution is 7.47. The van der Waals surface area contributed by atoms with Gasteiger partial charge in [-0.25, -0.2) is 4.57 Å². The summed E-state index contributed by atoms with van der Waals surface area (Å²) in [6.07, 6.45) is 47.2. The lowest BCUT2D eigenvalue weighted by Gasteiger charge is -2.20. The molecule has 0 saturated heterocycles. The Hall–Kier alpha value is -1.28. The minimum atomic E-state index is -4.28. The monoisotopic (exact) mass is 770 g/mol. The van der Waals surface area contributed by atoms with Crippen molar-refractivity contribution in [3.05, 3.63) is 36.5 Å². The molecule has 0 amide bonds. The van der Waals surface area contributed by atoms with Gasteiger partial charge in [-0.2, -0.15) is 0 Å². The average molecular weight is 770 g/mol. The van der Waals surface area contributed by atoms with E-state index in [1.54, 1.807) is 0 Å². The molecule has 0 aliphatic carbocycles. The zero-order valence-electron chi connectivity index (χ0n) is 34.5. The number of rotatable bonds is 42. The van der Waals surface area contributed by atoms with Gasteiger partial charge in [0.1, 0.15) is 6.10 Å². The van der Waals surface area contributed by atoms with Gasteiger partial charge in [0.15, 0.2) is 0 Å². The van der Waals surface area contributed by atoms with Crippen LogP contribution in [0.2, 0.25) is 0 Å². The number of esters is 1. The molecule has 53 heavy (non-hydrogen) atoms. The van der Waals surface area contributed by atoms with E-state index in [2.05, 4.69) is 50.3 Å². The van der Waals surface area contributed by atoms with Gasteiger partial charge in [-0.3, -0.25) is 13.8 Å². The normalized spacial score (nSPS) is 13.8. The highest BCUT2D eigenvalue weighted by atomic mass is 31.2. The second-order valence-electron chi connectivity index (χ2n) is 14.6. The summed E-state index contributed by atoms with van der Waals surface area (Å²) in [7, 11) is -4.28. The molecule has 3 N–H and O–H groups in total. The van der Waals surface area contributed by atoms with Crippen LogP contribution in [0.4, 0.5) is 0 Å². The van der Waals surface area contributed by atoms with Crippen molar-refractivity contribution in [1.29, 1.82) is 0 Å². The molecule has 0 aromatic heterocycles. The summed E-state index contributed by atoms with van der Waals surface area (Å²) in [4.78, 5) is 22.5. The van der Waals surface area contributed by atoms with Gasteiger partial charge in [0.05, 0.1) is 19.8 Å². The number of phosphoric acid groups is 1. The van der Waals surface area contributed by atoms with Gasteiger partial charge in [-0.1, -0.05) is 179 Å². The summed E-state index contributed by atoms with van der Waals surface area (Å²) in [5, 5.41) is 0. The highest BCUT2D eigenvalue weighted by Gasteiger charge is 2.25. The van der Waals surface area contributed by atoms with Crippen molar-refractivity contribution in [3.63, 3.8) is 0 Å². The van der Waals surface area contributed by atoms with E-state index >= 15 is 0 Å². The average Bonchev–Trinajstić information content (AvgIpc) is 3.15. The van der Waals surface area contributed by atoms with Crippen LogP contribution in [-0.2, 0) is 27.9 Å². The maximum atomic E-state index is 12.6. The third kappa shape index (κ3) is 41.7. The molecule has 0 radical (unpaired) electrons. The molecule has 0 aromatic rings. The summed E-state index contributed by atoms with van der Waals surface area (Å²) >= 11 is 0. The topological polar surface area (TPSA) is 117 Å². The molecular weight excluding hydrogens is 685 g/mol. The molecule has 0 saturated carbocycles. The molecule has 0 heterocycles. The van der Waals surface area contributed by atoms with Crippen LogP contribution in [0.25, 0.3) is 0 Å². The van der Waals surface area contributed by atoms with E-state index in [-0.39, 0.29) is 32.3 Å². The van der Waals surface area contributed by atoms with E-state index in [1.807, 2.05) is 0 Å². The number of unbranched alkanes of at least 4 members (excludes halogenated alkanes) is 23. The molecule has 0 aromatic carbocycles. The summed E-state index contributed by atoms with van der Waals surface area (Å²) in [5.74, 6) is -0.341. The molecule has 312 valence electrons. The van der Waals surface area contributed by atoms with Crippen LogP contribution >= 0.6 is 7.82 Å². The first-order valence-corrected chi connectivity index (χ1v) is 23.5. The smallest absolute Gasteiger partial charge is 0.457 e. The van der Waals surface area contributed by atoms with Crippen molar-refractivity contribution < 1.29 is 32.8 Å². The Morgan fingerprint density at radius 1 is 0.566 bits per heavy atom. The number of ether oxygens (including phenoxy) is 2. The van der Waals surface area contributed by atoms with Gasteiger partial charge in [0.25, 0.3) is 0 Å². The Bertz CT molecular complexity index is 910. The fraction of sp³-hybridized carbons (Fsp3) is 0.841. The fourth-order valence-corrected chi connectivity index (χ4v) is 6.83. The van der Waals surface area contributed by atoms with Crippen molar-refractivity contribution in [1.82, 2.24) is 0 Å². The summed E-state index contributed by atoms with van der Waals surface area (Å²) in [6, 6.07) is 0. The Kier molecular flexibility index (Phi) is 40.9. The SMILES string of the molecule is CCCCC/C=C\C/C=C\C/C=C\CCCCCCCCC(=O)OC(COCCCCCCCCCCCCCCCCC)COP(=O)(O)OCCN. The lowest BCUT2D eigenvalue weighted by atomic mass is 10.0. The summed E-state index contributed by atoms with van der Waals surface area (Å²) in [5.41, 5.74) is 5.37. The van der Waals surface area contributed by atoms with Crippen molar-refractivity contribution >= 4 is 13.8 Å². The van der Waals surface area contributed by atoms with Gasteiger partial charge in [0.2, 0.25) is 0 Å². The second-order valence-corrected chi connectivity index (χ2v) is 16.0. The Labute approximate surface area is 327 Å². The van der Waals surface area contributed by atoms with Crippen LogP contribution in [0, 0.1) is 0 Å². The van der Waals surface area contributed by atoms with Gasteiger partial charge < -0.3 is 20.1 Å². The zero-order chi connectivity index (χ0) is 38.8. The third-order valence-corrected chi connectivity index (χ3v) is 10.3. The molecule has 9 heteroatoms. The predicted octanol–water partition coefficient (Wildman–Crippen LogP) is 13.0. The maximum Gasteiger partial charge on any atom is 0.472 e. The first-order chi connectivity index (χ1) is 25.9. The highest BCUT2D eigenvalue weighted by Crippen LogP contribution is 2.43. The van der Waals surface area contributed by atoms with Crippen molar-refractivity contribution in [2.24, 2.45) is 5.73 Å². The molecule has 0 fully saturated rings. The first-order valence-electron chi connectivity index (χ1n) is 22.0. The molecule has 2 unspecified atom stereocenters. The summed E-state index contributed by atoms with van der Waals surface area (Å²) in [6.45, 7) is 4.90. The van der Waals surface area contributed by atoms with Crippen LogP contribution in [0.3, 0.4) is 0 Å². The van der Waals surface area contributed by atoms with Crippen molar-refractivity contribution in [3.8, 4) is 0 Å². The molecule has 0 bridgehead atoms. The van der Waals surface area contributed by atoms with E-state index in [0.29, 0.717) is 13.0 Å². The lowest BCUT2D eigenvalue weighted by Crippen LogP contribution is -2.28. The largest absolute Gasteiger partial charge is 0.472 e. The Balaban J connectivity index is 4.04. The number of hydrogen-bond donors (Lipinski definition) is 2. The van der Waals surface area contributed by atoms with E-state index < -0.39 is 13.9 Å². The second kappa shape index (κ2) is 41.9. The molecule has 8 nitrogen and oxygen atoms in total. The molecule has 0 aliphatic heterocycles. The van der Waals surface area contributed by atoms with E-state index in [1.165, 1.54) is 122 Å². The Morgan fingerprint density at radius 3 is 1.53 bits per heavy atom.